The van der Waals surface area contributed by atoms with Crippen LogP contribution in [0, 0.1) is 0 Å². The molecule has 0 aromatic carbocycles. The summed E-state index contributed by atoms with van der Waals surface area (Å²) < 4.78 is 0. The molecule has 2 N–H and O–H groups in total. The maximum Gasteiger partial charge on any atom is 0.223 e. The summed E-state index contributed by atoms with van der Waals surface area (Å²) in [6, 6.07) is 0.0154. The second-order valence-corrected chi connectivity index (χ2v) is 5.98. The lowest BCUT2D eigenvalue weighted by Crippen LogP contribution is -2.57. The van der Waals surface area contributed by atoms with Crippen LogP contribution in [-0.4, -0.2) is 55.0 Å². The van der Waals surface area contributed by atoms with Gasteiger partial charge in [-0.3, -0.25) is 4.79 Å². The van der Waals surface area contributed by atoms with Crippen LogP contribution in [-0.2, 0) is 4.79 Å². The first-order valence-corrected chi connectivity index (χ1v) is 7.08. The minimum atomic E-state index is 0.0154. The van der Waals surface area contributed by atoms with Crippen molar-refractivity contribution in [2.75, 3.05) is 27.7 Å². The highest BCUT2D eigenvalue weighted by Gasteiger charge is 2.40. The van der Waals surface area contributed by atoms with Crippen LogP contribution in [0.1, 0.15) is 45.4 Å². The van der Waals surface area contributed by atoms with E-state index in [1.807, 2.05) is 11.9 Å². The molecule has 0 bridgehead atoms. The Morgan fingerprint density at radius 3 is 2.33 bits per heavy atom. The lowest BCUT2D eigenvalue weighted by atomic mass is 9.75. The van der Waals surface area contributed by atoms with Gasteiger partial charge >= 0.3 is 0 Å². The fourth-order valence-corrected chi connectivity index (χ4v) is 2.71. The van der Waals surface area contributed by atoms with Gasteiger partial charge in [0.2, 0.25) is 5.91 Å². The predicted octanol–water partition coefficient (Wildman–Crippen LogP) is 1.45. The number of nitrogens with zero attached hydrogens (tertiary/aromatic N) is 2. The SMILES string of the molecule is CCCC(N)CC(=O)N(C)CC1(N(C)C)CCC1. The van der Waals surface area contributed by atoms with Crippen LogP contribution >= 0.6 is 0 Å². The van der Waals surface area contributed by atoms with Gasteiger partial charge in [-0.15, -0.1) is 0 Å². The molecule has 1 rings (SSSR count). The number of rotatable bonds is 7. The van der Waals surface area contributed by atoms with Crippen LogP contribution in [0.3, 0.4) is 0 Å². The third-order valence-corrected chi connectivity index (χ3v) is 4.29. The molecule has 4 heteroatoms. The zero-order valence-corrected chi connectivity index (χ0v) is 12.4. The van der Waals surface area contributed by atoms with Gasteiger partial charge < -0.3 is 15.5 Å². The molecular weight excluding hydrogens is 226 g/mol. The second kappa shape index (κ2) is 6.53. The van der Waals surface area contributed by atoms with E-state index in [0.717, 1.165) is 19.4 Å². The highest BCUT2D eigenvalue weighted by atomic mass is 16.2. The van der Waals surface area contributed by atoms with Crippen molar-refractivity contribution in [2.24, 2.45) is 5.73 Å². The molecule has 4 nitrogen and oxygen atoms in total. The number of hydrogen-bond acceptors (Lipinski definition) is 3. The lowest BCUT2D eigenvalue weighted by Gasteiger charge is -2.49. The molecule has 0 saturated heterocycles. The van der Waals surface area contributed by atoms with Gasteiger partial charge in [-0.2, -0.15) is 0 Å². The fraction of sp³-hybridized carbons (Fsp3) is 0.929. The smallest absolute Gasteiger partial charge is 0.223 e. The van der Waals surface area contributed by atoms with Crippen molar-refractivity contribution in [1.82, 2.24) is 9.80 Å². The molecule has 1 atom stereocenters. The summed E-state index contributed by atoms with van der Waals surface area (Å²) in [6.45, 7) is 2.93. The van der Waals surface area contributed by atoms with Crippen molar-refractivity contribution < 1.29 is 4.79 Å². The van der Waals surface area contributed by atoms with E-state index in [1.165, 1.54) is 19.3 Å². The van der Waals surface area contributed by atoms with Crippen molar-refractivity contribution in [1.29, 1.82) is 0 Å². The largest absolute Gasteiger partial charge is 0.344 e. The van der Waals surface area contributed by atoms with Gasteiger partial charge in [0, 0.05) is 31.6 Å². The Balaban J connectivity index is 2.44. The minimum Gasteiger partial charge on any atom is -0.344 e. The van der Waals surface area contributed by atoms with E-state index < -0.39 is 0 Å². The summed E-state index contributed by atoms with van der Waals surface area (Å²) >= 11 is 0. The summed E-state index contributed by atoms with van der Waals surface area (Å²) in [5.41, 5.74) is 6.14. The molecule has 1 aliphatic carbocycles. The first-order valence-electron chi connectivity index (χ1n) is 7.08. The summed E-state index contributed by atoms with van der Waals surface area (Å²) in [7, 11) is 6.13. The Hall–Kier alpha value is -0.610. The average molecular weight is 255 g/mol. The molecule has 1 saturated carbocycles. The quantitative estimate of drug-likeness (QED) is 0.749. The average Bonchev–Trinajstić information content (AvgIpc) is 2.22. The van der Waals surface area contributed by atoms with Gasteiger partial charge in [0.05, 0.1) is 0 Å². The maximum absolute atomic E-state index is 12.1. The van der Waals surface area contributed by atoms with Gasteiger partial charge in [-0.25, -0.2) is 0 Å². The Kier molecular flexibility index (Phi) is 5.60. The van der Waals surface area contributed by atoms with Crippen LogP contribution in [0.4, 0.5) is 0 Å². The van der Waals surface area contributed by atoms with Gasteiger partial charge in [0.25, 0.3) is 0 Å². The highest BCUT2D eigenvalue weighted by molar-refractivity contribution is 5.76. The third kappa shape index (κ3) is 3.69. The molecular formula is C14H29N3O. The van der Waals surface area contributed by atoms with E-state index in [4.69, 9.17) is 5.73 Å². The molecule has 1 fully saturated rings. The zero-order valence-electron chi connectivity index (χ0n) is 12.4. The highest BCUT2D eigenvalue weighted by Crippen LogP contribution is 2.36. The van der Waals surface area contributed by atoms with Gasteiger partial charge in [-0.05, 0) is 39.8 Å². The molecule has 1 amide bonds. The van der Waals surface area contributed by atoms with Crippen LogP contribution in [0.5, 0.6) is 0 Å². The van der Waals surface area contributed by atoms with Crippen LogP contribution in [0.15, 0.2) is 0 Å². The third-order valence-electron chi connectivity index (χ3n) is 4.29. The van der Waals surface area contributed by atoms with Crippen LogP contribution in [0.2, 0.25) is 0 Å². The molecule has 0 spiro atoms. The number of carbonyl (C=O) groups is 1. The number of amides is 1. The van der Waals surface area contributed by atoms with Gasteiger partial charge in [0.15, 0.2) is 0 Å². The van der Waals surface area contributed by atoms with Crippen molar-refractivity contribution >= 4 is 5.91 Å². The van der Waals surface area contributed by atoms with Crippen LogP contribution < -0.4 is 5.73 Å². The molecule has 0 aromatic heterocycles. The molecule has 106 valence electrons. The van der Waals surface area contributed by atoms with Crippen molar-refractivity contribution in [3.8, 4) is 0 Å². The molecule has 0 heterocycles. The van der Waals surface area contributed by atoms with Gasteiger partial charge in [-0.1, -0.05) is 13.3 Å². The fourth-order valence-electron chi connectivity index (χ4n) is 2.71. The molecule has 1 unspecified atom stereocenters. The first-order chi connectivity index (χ1) is 8.41. The molecule has 18 heavy (non-hydrogen) atoms. The van der Waals surface area contributed by atoms with Crippen molar-refractivity contribution in [3.63, 3.8) is 0 Å². The van der Waals surface area contributed by atoms with Gasteiger partial charge in [0.1, 0.15) is 0 Å². The summed E-state index contributed by atoms with van der Waals surface area (Å²) in [5.74, 6) is 0.184. The Bertz CT molecular complexity index is 274. The lowest BCUT2D eigenvalue weighted by molar-refractivity contribution is -0.133. The molecule has 0 aliphatic heterocycles. The summed E-state index contributed by atoms with van der Waals surface area (Å²) in [5, 5.41) is 0. The maximum atomic E-state index is 12.1. The number of nitrogens with two attached hydrogens (primary N) is 1. The van der Waals surface area contributed by atoms with E-state index in [1.54, 1.807) is 0 Å². The summed E-state index contributed by atoms with van der Waals surface area (Å²) in [4.78, 5) is 16.2. The number of carbonyl (C=O) groups excluding carboxylic acids is 1. The molecule has 1 aliphatic rings. The minimum absolute atomic E-state index is 0.0154. The molecule has 0 aromatic rings. The standard InChI is InChI=1S/C14H29N3O/c1-5-7-12(15)10-13(18)17(4)11-14(16(2)3)8-6-9-14/h12H,5-11,15H2,1-4H3. The monoisotopic (exact) mass is 255 g/mol. The first kappa shape index (κ1) is 15.4. The number of hydrogen-bond donors (Lipinski definition) is 1. The summed E-state index contributed by atoms with van der Waals surface area (Å²) in [6.07, 6.45) is 6.11. The van der Waals surface area contributed by atoms with Crippen molar-refractivity contribution in [2.45, 2.75) is 57.0 Å². The Morgan fingerprint density at radius 2 is 1.94 bits per heavy atom. The normalized spacial score (nSPS) is 19.4. The zero-order chi connectivity index (χ0) is 13.8. The van der Waals surface area contributed by atoms with Crippen molar-refractivity contribution in [3.05, 3.63) is 0 Å². The van der Waals surface area contributed by atoms with E-state index in [2.05, 4.69) is 25.9 Å². The van der Waals surface area contributed by atoms with E-state index in [0.29, 0.717) is 6.42 Å². The van der Waals surface area contributed by atoms with E-state index >= 15 is 0 Å². The predicted molar refractivity (Wildman–Crippen MR) is 75.4 cm³/mol. The topological polar surface area (TPSA) is 49.6 Å². The Labute approximate surface area is 111 Å². The van der Waals surface area contributed by atoms with E-state index in [9.17, 15) is 4.79 Å². The van der Waals surface area contributed by atoms with E-state index in [-0.39, 0.29) is 17.5 Å². The number of likely N-dealkylation sites (N-methyl/N-ethyl adjacent to an activating group) is 2. The Morgan fingerprint density at radius 1 is 1.33 bits per heavy atom. The molecule has 0 radical (unpaired) electrons. The second-order valence-electron chi connectivity index (χ2n) is 5.98. The van der Waals surface area contributed by atoms with Crippen LogP contribution in [0.25, 0.3) is 0 Å².